The van der Waals surface area contributed by atoms with Crippen molar-refractivity contribution in [2.75, 3.05) is 13.1 Å². The standard InChI is InChI=1S/C24H26BrClN4O/c1-2-22-21(16-23(31)28-29-14-6-3-7-15-29)27-24(19-8-4-5-9-20(19)26)30(22)18-12-10-17(25)11-13-18/h4-5,8-13H,2-3,6-7,14-16H2,1H3,(H,28,31). The number of hydrogen-bond donors (Lipinski definition) is 1. The fourth-order valence-corrected chi connectivity index (χ4v) is 4.55. The van der Waals surface area contributed by atoms with Gasteiger partial charge in [-0.25, -0.2) is 9.99 Å². The number of rotatable bonds is 6. The summed E-state index contributed by atoms with van der Waals surface area (Å²) < 4.78 is 3.13. The molecule has 2 aromatic carbocycles. The van der Waals surface area contributed by atoms with Crippen LogP contribution >= 0.6 is 27.5 Å². The van der Waals surface area contributed by atoms with Crippen LogP contribution in [0.1, 0.15) is 37.6 Å². The number of carbonyl (C=O) groups is 1. The predicted molar refractivity (Wildman–Crippen MR) is 128 cm³/mol. The summed E-state index contributed by atoms with van der Waals surface area (Å²) in [5.74, 6) is 0.730. The minimum Gasteiger partial charge on any atom is -0.296 e. The van der Waals surface area contributed by atoms with Crippen LogP contribution in [0.3, 0.4) is 0 Å². The highest BCUT2D eigenvalue weighted by Crippen LogP contribution is 2.32. The summed E-state index contributed by atoms with van der Waals surface area (Å²) in [7, 11) is 0. The largest absolute Gasteiger partial charge is 0.296 e. The minimum atomic E-state index is -0.0252. The van der Waals surface area contributed by atoms with E-state index in [0.717, 1.165) is 65.3 Å². The van der Waals surface area contributed by atoms with Gasteiger partial charge in [-0.2, -0.15) is 0 Å². The van der Waals surface area contributed by atoms with Gasteiger partial charge in [-0.05, 0) is 55.7 Å². The van der Waals surface area contributed by atoms with E-state index in [2.05, 4.69) is 32.8 Å². The third-order valence-corrected chi connectivity index (χ3v) is 6.42. The molecule has 1 amide bonds. The Morgan fingerprint density at radius 3 is 2.48 bits per heavy atom. The third-order valence-electron chi connectivity index (χ3n) is 5.56. The summed E-state index contributed by atoms with van der Waals surface area (Å²) in [6.45, 7) is 3.91. The molecule has 1 saturated heterocycles. The van der Waals surface area contributed by atoms with Gasteiger partial charge in [0.15, 0.2) is 0 Å². The first-order valence-corrected chi connectivity index (χ1v) is 11.9. The van der Waals surface area contributed by atoms with E-state index in [1.165, 1.54) is 6.42 Å². The Labute approximate surface area is 196 Å². The first-order chi connectivity index (χ1) is 15.1. The van der Waals surface area contributed by atoms with Crippen LogP contribution < -0.4 is 5.43 Å². The number of amides is 1. The van der Waals surface area contributed by atoms with E-state index in [1.54, 1.807) is 0 Å². The van der Waals surface area contributed by atoms with Crippen molar-refractivity contribution in [3.8, 4) is 17.1 Å². The third kappa shape index (κ3) is 5.03. The molecule has 31 heavy (non-hydrogen) atoms. The summed E-state index contributed by atoms with van der Waals surface area (Å²) in [5, 5.41) is 2.66. The molecular weight excluding hydrogens is 476 g/mol. The molecule has 7 heteroatoms. The molecule has 1 aromatic heterocycles. The summed E-state index contributed by atoms with van der Waals surface area (Å²) in [4.78, 5) is 17.8. The number of benzene rings is 2. The van der Waals surface area contributed by atoms with Crippen LogP contribution in [0.4, 0.5) is 0 Å². The van der Waals surface area contributed by atoms with Crippen molar-refractivity contribution in [2.45, 2.75) is 39.0 Å². The van der Waals surface area contributed by atoms with Gasteiger partial charge in [0.1, 0.15) is 5.82 Å². The average Bonchev–Trinajstić information content (AvgIpc) is 3.13. The molecule has 1 fully saturated rings. The zero-order valence-corrected chi connectivity index (χ0v) is 19.9. The van der Waals surface area contributed by atoms with Crippen LogP contribution in [-0.2, 0) is 17.6 Å². The lowest BCUT2D eigenvalue weighted by atomic mass is 10.1. The fraction of sp³-hybridized carbons (Fsp3) is 0.333. The number of nitrogens with zero attached hydrogens (tertiary/aromatic N) is 3. The van der Waals surface area contributed by atoms with Crippen LogP contribution in [0, 0.1) is 0 Å². The Balaban J connectivity index is 1.73. The number of nitrogens with one attached hydrogen (secondary N) is 1. The van der Waals surface area contributed by atoms with Crippen LogP contribution in [-0.4, -0.2) is 33.6 Å². The lowest BCUT2D eigenvalue weighted by Crippen LogP contribution is -2.45. The summed E-state index contributed by atoms with van der Waals surface area (Å²) >= 11 is 10.0. The Morgan fingerprint density at radius 2 is 1.81 bits per heavy atom. The molecule has 1 N–H and O–H groups in total. The number of piperidine rings is 1. The van der Waals surface area contributed by atoms with E-state index in [9.17, 15) is 4.79 Å². The molecule has 0 aliphatic carbocycles. The molecule has 2 heterocycles. The normalized spacial score (nSPS) is 14.5. The summed E-state index contributed by atoms with van der Waals surface area (Å²) in [6, 6.07) is 15.8. The molecule has 162 valence electrons. The molecule has 4 rings (SSSR count). The Kier molecular flexibility index (Phi) is 7.10. The Bertz CT molecular complexity index is 1060. The predicted octanol–water partition coefficient (Wildman–Crippen LogP) is 5.58. The quantitative estimate of drug-likeness (QED) is 0.480. The van der Waals surface area contributed by atoms with Gasteiger partial charge in [-0.1, -0.05) is 53.0 Å². The number of hydrazine groups is 1. The minimum absolute atomic E-state index is 0.0252. The van der Waals surface area contributed by atoms with Gasteiger partial charge < -0.3 is 0 Å². The van der Waals surface area contributed by atoms with Gasteiger partial charge in [0.25, 0.3) is 0 Å². The van der Waals surface area contributed by atoms with Crippen molar-refractivity contribution in [3.05, 3.63) is 69.4 Å². The van der Waals surface area contributed by atoms with Crippen LogP contribution in [0.2, 0.25) is 5.02 Å². The molecule has 0 bridgehead atoms. The SMILES string of the molecule is CCc1c(CC(=O)NN2CCCCC2)nc(-c2ccccc2Cl)n1-c1ccc(Br)cc1. The Morgan fingerprint density at radius 1 is 1.10 bits per heavy atom. The smallest absolute Gasteiger partial charge is 0.240 e. The monoisotopic (exact) mass is 500 g/mol. The summed E-state index contributed by atoms with van der Waals surface area (Å²) in [6.07, 6.45) is 4.45. The average molecular weight is 502 g/mol. The molecule has 5 nitrogen and oxygen atoms in total. The molecular formula is C24H26BrClN4O. The second-order valence-corrected chi connectivity index (χ2v) is 9.06. The van der Waals surface area contributed by atoms with E-state index in [4.69, 9.17) is 16.6 Å². The van der Waals surface area contributed by atoms with E-state index in [1.807, 2.05) is 53.5 Å². The molecule has 1 aliphatic heterocycles. The molecule has 0 radical (unpaired) electrons. The lowest BCUT2D eigenvalue weighted by molar-refractivity contribution is -0.125. The highest BCUT2D eigenvalue weighted by atomic mass is 79.9. The number of aromatic nitrogens is 2. The summed E-state index contributed by atoms with van der Waals surface area (Å²) in [5.41, 5.74) is 6.71. The van der Waals surface area contributed by atoms with Gasteiger partial charge in [0, 0.05) is 34.5 Å². The van der Waals surface area contributed by atoms with Crippen LogP contribution in [0.25, 0.3) is 17.1 Å². The highest BCUT2D eigenvalue weighted by Gasteiger charge is 2.22. The highest BCUT2D eigenvalue weighted by molar-refractivity contribution is 9.10. The van der Waals surface area contributed by atoms with Crippen LogP contribution in [0.15, 0.2) is 53.0 Å². The van der Waals surface area contributed by atoms with Crippen molar-refractivity contribution in [1.82, 2.24) is 20.0 Å². The number of carbonyl (C=O) groups excluding carboxylic acids is 1. The number of hydrogen-bond acceptors (Lipinski definition) is 3. The van der Waals surface area contributed by atoms with Gasteiger partial charge in [0.05, 0.1) is 17.1 Å². The van der Waals surface area contributed by atoms with Crippen molar-refractivity contribution >= 4 is 33.4 Å². The first kappa shape index (κ1) is 22.1. The maximum atomic E-state index is 12.8. The zero-order valence-electron chi connectivity index (χ0n) is 17.6. The lowest BCUT2D eigenvalue weighted by Gasteiger charge is -2.26. The van der Waals surface area contributed by atoms with Crippen molar-refractivity contribution < 1.29 is 4.79 Å². The molecule has 0 saturated carbocycles. The second-order valence-electron chi connectivity index (χ2n) is 7.73. The van der Waals surface area contributed by atoms with E-state index in [-0.39, 0.29) is 12.3 Å². The first-order valence-electron chi connectivity index (χ1n) is 10.7. The van der Waals surface area contributed by atoms with E-state index < -0.39 is 0 Å². The number of halogens is 2. The Hall–Kier alpha value is -2.15. The second kappa shape index (κ2) is 9.98. The topological polar surface area (TPSA) is 50.2 Å². The molecule has 1 aliphatic rings. The van der Waals surface area contributed by atoms with Gasteiger partial charge in [-0.3, -0.25) is 14.8 Å². The van der Waals surface area contributed by atoms with Gasteiger partial charge in [0.2, 0.25) is 5.91 Å². The van der Waals surface area contributed by atoms with Crippen molar-refractivity contribution in [3.63, 3.8) is 0 Å². The zero-order chi connectivity index (χ0) is 21.8. The molecule has 0 unspecified atom stereocenters. The van der Waals surface area contributed by atoms with E-state index >= 15 is 0 Å². The van der Waals surface area contributed by atoms with Crippen LogP contribution in [0.5, 0.6) is 0 Å². The molecule has 3 aromatic rings. The van der Waals surface area contributed by atoms with Crippen molar-refractivity contribution in [2.24, 2.45) is 0 Å². The fourth-order valence-electron chi connectivity index (χ4n) is 4.07. The van der Waals surface area contributed by atoms with Crippen molar-refractivity contribution in [1.29, 1.82) is 0 Å². The maximum absolute atomic E-state index is 12.8. The van der Waals surface area contributed by atoms with E-state index in [0.29, 0.717) is 5.02 Å². The van der Waals surface area contributed by atoms with Gasteiger partial charge >= 0.3 is 0 Å². The van der Waals surface area contributed by atoms with Gasteiger partial charge in [-0.15, -0.1) is 0 Å². The number of imidazole rings is 1. The molecule has 0 spiro atoms. The molecule has 0 atom stereocenters. The maximum Gasteiger partial charge on any atom is 0.240 e.